The first-order chi connectivity index (χ1) is 5.24. The molecule has 0 bridgehead atoms. The molecule has 0 radical (unpaired) electrons. The molecule has 0 aromatic carbocycles. The molecule has 2 heteroatoms. The van der Waals surface area contributed by atoms with E-state index in [9.17, 15) is 5.11 Å². The van der Waals surface area contributed by atoms with E-state index < -0.39 is 0 Å². The molecule has 1 saturated heterocycles. The summed E-state index contributed by atoms with van der Waals surface area (Å²) in [5.74, 6) is 0. The Morgan fingerprint density at radius 2 is 2.36 bits per heavy atom. The molecule has 1 aliphatic rings. The zero-order valence-electron chi connectivity index (χ0n) is 6.99. The Kier molecular flexibility index (Phi) is 3.09. The second-order valence-corrected chi connectivity index (χ2v) is 3.15. The lowest BCUT2D eigenvalue weighted by atomic mass is 10.00. The summed E-state index contributed by atoms with van der Waals surface area (Å²) in [7, 11) is 0. The first-order valence-electron chi connectivity index (χ1n) is 4.18. The van der Waals surface area contributed by atoms with Crippen LogP contribution in [0.2, 0.25) is 0 Å². The van der Waals surface area contributed by atoms with Crippen molar-refractivity contribution >= 4 is 0 Å². The molecule has 1 rings (SSSR count). The Morgan fingerprint density at radius 1 is 1.64 bits per heavy atom. The monoisotopic (exact) mass is 156 g/mol. The largest absolute Gasteiger partial charge is 0.390 e. The molecule has 0 amide bonds. The minimum Gasteiger partial charge on any atom is -0.390 e. The van der Waals surface area contributed by atoms with Gasteiger partial charge in [0.2, 0.25) is 0 Å². The average Bonchev–Trinajstić information content (AvgIpc) is 1.98. The summed E-state index contributed by atoms with van der Waals surface area (Å²) in [5, 5.41) is 9.45. The Morgan fingerprint density at radius 3 is 3.00 bits per heavy atom. The van der Waals surface area contributed by atoms with Crippen LogP contribution in [0.1, 0.15) is 26.2 Å². The molecule has 11 heavy (non-hydrogen) atoms. The number of ether oxygens (including phenoxy) is 1. The fraction of sp³-hybridized carbons (Fsp3) is 0.778. The molecule has 0 saturated carbocycles. The van der Waals surface area contributed by atoms with Crippen molar-refractivity contribution in [2.24, 2.45) is 0 Å². The molecule has 0 spiro atoms. The normalized spacial score (nSPS) is 38.5. The van der Waals surface area contributed by atoms with Gasteiger partial charge in [-0.2, -0.15) is 0 Å². The average molecular weight is 156 g/mol. The van der Waals surface area contributed by atoms with Gasteiger partial charge < -0.3 is 9.84 Å². The van der Waals surface area contributed by atoms with Gasteiger partial charge in [0.25, 0.3) is 0 Å². The quantitative estimate of drug-likeness (QED) is 0.614. The SMILES string of the molecule is C=CC[C@H]1O[C@H](C)CC[C@@H]1O. The van der Waals surface area contributed by atoms with E-state index in [1.807, 2.05) is 6.92 Å². The minimum absolute atomic E-state index is 0.0174. The molecule has 0 aliphatic carbocycles. The van der Waals surface area contributed by atoms with E-state index in [1.54, 1.807) is 6.08 Å². The summed E-state index contributed by atoms with van der Waals surface area (Å²) in [6, 6.07) is 0. The summed E-state index contributed by atoms with van der Waals surface area (Å²) in [6.45, 7) is 5.67. The maximum Gasteiger partial charge on any atom is 0.0871 e. The first-order valence-corrected chi connectivity index (χ1v) is 4.18. The maximum atomic E-state index is 9.45. The Bertz CT molecular complexity index is 134. The maximum absolute atomic E-state index is 9.45. The second kappa shape index (κ2) is 3.88. The third-order valence-electron chi connectivity index (χ3n) is 2.10. The second-order valence-electron chi connectivity index (χ2n) is 3.15. The highest BCUT2D eigenvalue weighted by atomic mass is 16.5. The highest BCUT2D eigenvalue weighted by Crippen LogP contribution is 2.21. The lowest BCUT2D eigenvalue weighted by Gasteiger charge is -2.31. The zero-order valence-corrected chi connectivity index (χ0v) is 6.99. The minimum atomic E-state index is -0.288. The third-order valence-corrected chi connectivity index (χ3v) is 2.10. The van der Waals surface area contributed by atoms with Crippen LogP contribution < -0.4 is 0 Å². The van der Waals surface area contributed by atoms with Crippen molar-refractivity contribution in [1.29, 1.82) is 0 Å². The fourth-order valence-corrected chi connectivity index (χ4v) is 1.43. The van der Waals surface area contributed by atoms with E-state index in [-0.39, 0.29) is 12.2 Å². The van der Waals surface area contributed by atoms with E-state index in [4.69, 9.17) is 4.74 Å². The molecule has 1 heterocycles. The number of hydrogen-bond acceptors (Lipinski definition) is 2. The molecule has 0 unspecified atom stereocenters. The molecule has 2 nitrogen and oxygen atoms in total. The first kappa shape index (κ1) is 8.75. The van der Waals surface area contributed by atoms with Crippen LogP contribution in [0.3, 0.4) is 0 Å². The van der Waals surface area contributed by atoms with Gasteiger partial charge in [-0.1, -0.05) is 6.08 Å². The van der Waals surface area contributed by atoms with Crippen molar-refractivity contribution in [2.45, 2.75) is 44.5 Å². The van der Waals surface area contributed by atoms with Gasteiger partial charge in [0.15, 0.2) is 0 Å². The summed E-state index contributed by atoms with van der Waals surface area (Å²) in [6.07, 6.45) is 4.37. The van der Waals surface area contributed by atoms with Crippen molar-refractivity contribution in [3.8, 4) is 0 Å². The van der Waals surface area contributed by atoms with Gasteiger partial charge in [0.1, 0.15) is 0 Å². The molecular formula is C9H16O2. The molecule has 3 atom stereocenters. The summed E-state index contributed by atoms with van der Waals surface area (Å²) < 4.78 is 5.52. The van der Waals surface area contributed by atoms with Crippen molar-refractivity contribution in [3.05, 3.63) is 12.7 Å². The van der Waals surface area contributed by atoms with Crippen molar-refractivity contribution in [1.82, 2.24) is 0 Å². The molecule has 1 N–H and O–H groups in total. The topological polar surface area (TPSA) is 29.5 Å². The van der Waals surface area contributed by atoms with E-state index >= 15 is 0 Å². The Balaban J connectivity index is 2.40. The smallest absolute Gasteiger partial charge is 0.0871 e. The molecule has 1 fully saturated rings. The van der Waals surface area contributed by atoms with Crippen LogP contribution in [0.5, 0.6) is 0 Å². The zero-order chi connectivity index (χ0) is 8.27. The molecule has 64 valence electrons. The summed E-state index contributed by atoms with van der Waals surface area (Å²) >= 11 is 0. The molecular weight excluding hydrogens is 140 g/mol. The standard InChI is InChI=1S/C9H16O2/c1-3-4-9-8(10)6-5-7(2)11-9/h3,7-10H,1,4-6H2,2H3/t7-,8+,9-/m1/s1. The van der Waals surface area contributed by atoms with Gasteiger partial charge in [0.05, 0.1) is 18.3 Å². The van der Waals surface area contributed by atoms with Gasteiger partial charge in [-0.3, -0.25) is 0 Å². The van der Waals surface area contributed by atoms with E-state index in [0.29, 0.717) is 6.10 Å². The Labute approximate surface area is 67.9 Å². The predicted molar refractivity (Wildman–Crippen MR) is 44.4 cm³/mol. The number of aliphatic hydroxyl groups excluding tert-OH is 1. The van der Waals surface area contributed by atoms with Crippen LogP contribution in [0.15, 0.2) is 12.7 Å². The van der Waals surface area contributed by atoms with Crippen molar-refractivity contribution < 1.29 is 9.84 Å². The van der Waals surface area contributed by atoms with E-state index in [0.717, 1.165) is 19.3 Å². The molecule has 1 aliphatic heterocycles. The lowest BCUT2D eigenvalue weighted by molar-refractivity contribution is -0.108. The van der Waals surface area contributed by atoms with Crippen molar-refractivity contribution in [3.63, 3.8) is 0 Å². The van der Waals surface area contributed by atoms with E-state index in [1.165, 1.54) is 0 Å². The fourth-order valence-electron chi connectivity index (χ4n) is 1.43. The van der Waals surface area contributed by atoms with Crippen LogP contribution in [0.25, 0.3) is 0 Å². The predicted octanol–water partition coefficient (Wildman–Crippen LogP) is 1.49. The third kappa shape index (κ3) is 2.31. The molecule has 0 aromatic heterocycles. The van der Waals surface area contributed by atoms with Gasteiger partial charge in [-0.05, 0) is 26.2 Å². The van der Waals surface area contributed by atoms with Gasteiger partial charge >= 0.3 is 0 Å². The number of hydrogen-bond donors (Lipinski definition) is 1. The lowest BCUT2D eigenvalue weighted by Crippen LogP contribution is -2.37. The highest BCUT2D eigenvalue weighted by molar-refractivity contribution is 4.82. The van der Waals surface area contributed by atoms with Crippen LogP contribution in [0, 0.1) is 0 Å². The Hall–Kier alpha value is -0.340. The highest BCUT2D eigenvalue weighted by Gasteiger charge is 2.26. The van der Waals surface area contributed by atoms with Gasteiger partial charge in [-0.25, -0.2) is 0 Å². The van der Waals surface area contributed by atoms with Crippen LogP contribution >= 0.6 is 0 Å². The molecule has 0 aromatic rings. The number of rotatable bonds is 2. The van der Waals surface area contributed by atoms with Gasteiger partial charge in [-0.15, -0.1) is 6.58 Å². The number of aliphatic hydroxyl groups is 1. The van der Waals surface area contributed by atoms with Crippen molar-refractivity contribution in [2.75, 3.05) is 0 Å². The summed E-state index contributed by atoms with van der Waals surface area (Å²) in [4.78, 5) is 0. The van der Waals surface area contributed by atoms with Crippen LogP contribution in [-0.2, 0) is 4.74 Å². The van der Waals surface area contributed by atoms with E-state index in [2.05, 4.69) is 6.58 Å². The summed E-state index contributed by atoms with van der Waals surface area (Å²) in [5.41, 5.74) is 0. The van der Waals surface area contributed by atoms with Crippen LogP contribution in [-0.4, -0.2) is 23.4 Å². The van der Waals surface area contributed by atoms with Crippen LogP contribution in [0.4, 0.5) is 0 Å². The van der Waals surface area contributed by atoms with Gasteiger partial charge in [0, 0.05) is 0 Å².